The number of aryl methyl sites for hydroxylation is 2. The van der Waals surface area contributed by atoms with Crippen molar-refractivity contribution in [3.05, 3.63) is 35.5 Å². The first kappa shape index (κ1) is 9.54. The number of rotatable bonds is 1. The molecule has 0 aliphatic carbocycles. The van der Waals surface area contributed by atoms with Gasteiger partial charge in [-0.3, -0.25) is 4.68 Å². The zero-order chi connectivity index (χ0) is 11.1. The van der Waals surface area contributed by atoms with Crippen LogP contribution in [0.25, 0.3) is 21.5 Å². The molecule has 0 spiro atoms. The second-order valence-corrected chi connectivity index (χ2v) is 5.02. The molecule has 80 valence electrons. The minimum absolute atomic E-state index is 0.995. The molecule has 3 nitrogen and oxygen atoms in total. The Morgan fingerprint density at radius 2 is 2.12 bits per heavy atom. The Labute approximate surface area is 97.4 Å². The molecule has 3 aromatic rings. The third kappa shape index (κ3) is 1.51. The molecule has 0 atom stereocenters. The molecule has 0 bridgehead atoms. The van der Waals surface area contributed by atoms with Gasteiger partial charge in [0, 0.05) is 18.8 Å². The predicted octanol–water partition coefficient (Wildman–Crippen LogP) is 3.01. The molecule has 2 aromatic heterocycles. The van der Waals surface area contributed by atoms with Crippen molar-refractivity contribution >= 4 is 21.6 Å². The Morgan fingerprint density at radius 1 is 1.25 bits per heavy atom. The molecule has 0 radical (unpaired) electrons. The normalized spacial score (nSPS) is 11.1. The fraction of sp³-hybridized carbons (Fsp3) is 0.167. The fourth-order valence-corrected chi connectivity index (χ4v) is 2.58. The molecule has 0 aliphatic rings. The van der Waals surface area contributed by atoms with E-state index >= 15 is 0 Å². The maximum absolute atomic E-state index is 4.49. The van der Waals surface area contributed by atoms with Crippen LogP contribution < -0.4 is 0 Å². The number of benzene rings is 1. The predicted molar refractivity (Wildman–Crippen MR) is 66.6 cm³/mol. The van der Waals surface area contributed by atoms with Crippen LogP contribution in [0.1, 0.15) is 5.01 Å². The summed E-state index contributed by atoms with van der Waals surface area (Å²) < 4.78 is 3.04. The monoisotopic (exact) mass is 229 g/mol. The Balaban J connectivity index is 2.17. The first-order valence-electron chi connectivity index (χ1n) is 5.09. The lowest BCUT2D eigenvalue weighted by atomic mass is 10.1. The first-order chi connectivity index (χ1) is 7.72. The maximum atomic E-state index is 4.49. The van der Waals surface area contributed by atoms with Gasteiger partial charge in [0.1, 0.15) is 0 Å². The van der Waals surface area contributed by atoms with Crippen LogP contribution in [-0.4, -0.2) is 14.8 Å². The van der Waals surface area contributed by atoms with Crippen molar-refractivity contribution < 1.29 is 0 Å². The van der Waals surface area contributed by atoms with Crippen LogP contribution in [0.15, 0.2) is 30.5 Å². The van der Waals surface area contributed by atoms with E-state index in [1.807, 2.05) is 30.9 Å². The third-order valence-corrected chi connectivity index (χ3v) is 3.46. The molecule has 4 heteroatoms. The SMILES string of the molecule is Cc1nc2cc(-c3ccn(C)n3)ccc2s1. The molecule has 0 saturated carbocycles. The van der Waals surface area contributed by atoms with Gasteiger partial charge in [-0.25, -0.2) is 4.98 Å². The third-order valence-electron chi connectivity index (χ3n) is 2.50. The molecule has 0 aliphatic heterocycles. The lowest BCUT2D eigenvalue weighted by molar-refractivity contribution is 0.771. The minimum Gasteiger partial charge on any atom is -0.275 e. The average Bonchev–Trinajstić information content (AvgIpc) is 2.81. The highest BCUT2D eigenvalue weighted by Crippen LogP contribution is 2.26. The van der Waals surface area contributed by atoms with Crippen molar-refractivity contribution in [2.24, 2.45) is 7.05 Å². The molecule has 2 heterocycles. The summed E-state index contributed by atoms with van der Waals surface area (Å²) in [5.74, 6) is 0. The highest BCUT2D eigenvalue weighted by molar-refractivity contribution is 7.18. The van der Waals surface area contributed by atoms with Crippen LogP contribution in [0.3, 0.4) is 0 Å². The van der Waals surface area contributed by atoms with Gasteiger partial charge in [0.05, 0.1) is 20.9 Å². The zero-order valence-electron chi connectivity index (χ0n) is 9.14. The van der Waals surface area contributed by atoms with Crippen LogP contribution in [0.5, 0.6) is 0 Å². The standard InChI is InChI=1S/C12H11N3S/c1-8-13-11-7-9(3-4-12(11)16-8)10-5-6-15(2)14-10/h3-7H,1-2H3. The number of hydrogen-bond acceptors (Lipinski definition) is 3. The number of nitrogens with zero attached hydrogens (tertiary/aromatic N) is 3. The highest BCUT2D eigenvalue weighted by atomic mass is 32.1. The molecule has 3 rings (SSSR count). The van der Waals surface area contributed by atoms with E-state index in [0.717, 1.165) is 21.8 Å². The van der Waals surface area contributed by atoms with Gasteiger partial charge in [-0.15, -0.1) is 11.3 Å². The maximum Gasteiger partial charge on any atom is 0.0923 e. The lowest BCUT2D eigenvalue weighted by Gasteiger charge is -1.95. The van der Waals surface area contributed by atoms with Gasteiger partial charge >= 0.3 is 0 Å². The molecule has 16 heavy (non-hydrogen) atoms. The van der Waals surface area contributed by atoms with Gasteiger partial charge in [-0.2, -0.15) is 5.10 Å². The Hall–Kier alpha value is -1.68. The van der Waals surface area contributed by atoms with Crippen molar-refractivity contribution in [1.82, 2.24) is 14.8 Å². The van der Waals surface area contributed by atoms with Crippen molar-refractivity contribution in [3.63, 3.8) is 0 Å². The van der Waals surface area contributed by atoms with Crippen LogP contribution in [0, 0.1) is 6.92 Å². The van der Waals surface area contributed by atoms with E-state index in [-0.39, 0.29) is 0 Å². The second-order valence-electron chi connectivity index (χ2n) is 3.79. The molecule has 0 saturated heterocycles. The summed E-state index contributed by atoms with van der Waals surface area (Å²) in [6, 6.07) is 8.33. The van der Waals surface area contributed by atoms with Gasteiger partial charge < -0.3 is 0 Å². The fourth-order valence-electron chi connectivity index (χ4n) is 1.77. The quantitative estimate of drug-likeness (QED) is 0.642. The van der Waals surface area contributed by atoms with Crippen LogP contribution in [-0.2, 0) is 7.05 Å². The highest BCUT2D eigenvalue weighted by Gasteiger charge is 2.05. The smallest absolute Gasteiger partial charge is 0.0923 e. The van der Waals surface area contributed by atoms with E-state index in [1.165, 1.54) is 4.70 Å². The van der Waals surface area contributed by atoms with E-state index in [4.69, 9.17) is 0 Å². The van der Waals surface area contributed by atoms with E-state index < -0.39 is 0 Å². The van der Waals surface area contributed by atoms with E-state index in [9.17, 15) is 0 Å². The van der Waals surface area contributed by atoms with Crippen molar-refractivity contribution in [3.8, 4) is 11.3 Å². The summed E-state index contributed by atoms with van der Waals surface area (Å²) in [7, 11) is 1.93. The molecular formula is C12H11N3S. The number of thiazole rings is 1. The Morgan fingerprint density at radius 3 is 2.88 bits per heavy atom. The van der Waals surface area contributed by atoms with Crippen molar-refractivity contribution in [2.75, 3.05) is 0 Å². The molecule has 0 unspecified atom stereocenters. The van der Waals surface area contributed by atoms with Gasteiger partial charge in [-0.05, 0) is 25.1 Å². The van der Waals surface area contributed by atoms with E-state index in [1.54, 1.807) is 11.3 Å². The minimum atomic E-state index is 0.995. The van der Waals surface area contributed by atoms with Gasteiger partial charge in [0.2, 0.25) is 0 Å². The number of hydrogen-bond donors (Lipinski definition) is 0. The summed E-state index contributed by atoms with van der Waals surface area (Å²) >= 11 is 1.72. The molecular weight excluding hydrogens is 218 g/mol. The van der Waals surface area contributed by atoms with Crippen LogP contribution in [0.4, 0.5) is 0 Å². The van der Waals surface area contributed by atoms with Crippen molar-refractivity contribution in [2.45, 2.75) is 6.92 Å². The average molecular weight is 229 g/mol. The topological polar surface area (TPSA) is 30.7 Å². The molecule has 1 aromatic carbocycles. The Kier molecular flexibility index (Phi) is 2.04. The first-order valence-corrected chi connectivity index (χ1v) is 5.91. The molecule has 0 fully saturated rings. The van der Waals surface area contributed by atoms with E-state index in [2.05, 4.69) is 28.3 Å². The molecule has 0 amide bonds. The number of aromatic nitrogens is 3. The lowest BCUT2D eigenvalue weighted by Crippen LogP contribution is -1.87. The zero-order valence-corrected chi connectivity index (χ0v) is 9.95. The molecule has 0 N–H and O–H groups in total. The Bertz CT molecular complexity index is 651. The summed E-state index contributed by atoms with van der Waals surface area (Å²) in [5.41, 5.74) is 3.18. The van der Waals surface area contributed by atoms with Crippen LogP contribution in [0.2, 0.25) is 0 Å². The summed E-state index contributed by atoms with van der Waals surface area (Å²) in [4.78, 5) is 4.49. The van der Waals surface area contributed by atoms with E-state index in [0.29, 0.717) is 0 Å². The van der Waals surface area contributed by atoms with Gasteiger partial charge in [0.25, 0.3) is 0 Å². The second kappa shape index (κ2) is 3.42. The summed E-state index contributed by atoms with van der Waals surface area (Å²) in [6.07, 6.45) is 1.95. The van der Waals surface area contributed by atoms with Gasteiger partial charge in [-0.1, -0.05) is 6.07 Å². The number of fused-ring (bicyclic) bond motifs is 1. The summed E-state index contributed by atoms with van der Waals surface area (Å²) in [5, 5.41) is 5.49. The van der Waals surface area contributed by atoms with Gasteiger partial charge in [0.15, 0.2) is 0 Å². The van der Waals surface area contributed by atoms with Crippen molar-refractivity contribution in [1.29, 1.82) is 0 Å². The summed E-state index contributed by atoms with van der Waals surface area (Å²) in [6.45, 7) is 2.03. The largest absolute Gasteiger partial charge is 0.275 e. The van der Waals surface area contributed by atoms with Crippen LogP contribution >= 0.6 is 11.3 Å².